The molecule has 1 aromatic heterocycles. The van der Waals surface area contributed by atoms with E-state index in [0.717, 1.165) is 22.3 Å². The lowest BCUT2D eigenvalue weighted by molar-refractivity contribution is 0.104. The monoisotopic (exact) mass is 214 g/mol. The number of hydrogen-bond acceptors (Lipinski definition) is 3. The quantitative estimate of drug-likeness (QED) is 0.584. The zero-order valence-electron chi connectivity index (χ0n) is 7.69. The molecule has 0 bridgehead atoms. The Morgan fingerprint density at radius 2 is 1.93 bits per heavy atom. The number of rotatable bonds is 1. The van der Waals surface area contributed by atoms with E-state index in [1.165, 1.54) is 11.3 Å². The Morgan fingerprint density at radius 3 is 2.73 bits per heavy atom. The summed E-state index contributed by atoms with van der Waals surface area (Å²) in [5, 5.41) is 1.92. The van der Waals surface area contributed by atoms with Crippen LogP contribution in [0.2, 0.25) is 0 Å². The molecule has 15 heavy (non-hydrogen) atoms. The Bertz CT molecular complexity index is 581. The van der Waals surface area contributed by atoms with Crippen molar-refractivity contribution in [2.24, 2.45) is 0 Å². The fourth-order valence-electron chi connectivity index (χ4n) is 1.88. The number of carbonyl (C=O) groups excluding carboxylic acids is 2. The molecule has 1 aliphatic carbocycles. The SMILES string of the molecule is O=Cc1ccc2c(c1)C(=O)c1sccc1-2. The highest BCUT2D eigenvalue weighted by molar-refractivity contribution is 7.13. The highest BCUT2D eigenvalue weighted by Crippen LogP contribution is 2.39. The molecule has 2 nitrogen and oxygen atoms in total. The molecule has 2 aromatic rings. The van der Waals surface area contributed by atoms with E-state index in [4.69, 9.17) is 0 Å². The van der Waals surface area contributed by atoms with Gasteiger partial charge < -0.3 is 0 Å². The van der Waals surface area contributed by atoms with E-state index in [9.17, 15) is 9.59 Å². The van der Waals surface area contributed by atoms with E-state index in [1.807, 2.05) is 17.5 Å². The zero-order chi connectivity index (χ0) is 10.4. The lowest BCUT2D eigenvalue weighted by atomic mass is 10.0. The van der Waals surface area contributed by atoms with Crippen molar-refractivity contribution in [3.63, 3.8) is 0 Å². The average Bonchev–Trinajstić information content (AvgIpc) is 2.83. The predicted octanol–water partition coefficient (Wildman–Crippen LogP) is 2.77. The molecule has 1 heterocycles. The van der Waals surface area contributed by atoms with Gasteiger partial charge in [0, 0.05) is 16.7 Å². The van der Waals surface area contributed by atoms with Crippen LogP contribution < -0.4 is 0 Å². The van der Waals surface area contributed by atoms with Crippen LogP contribution in [0.1, 0.15) is 25.6 Å². The molecule has 0 fully saturated rings. The van der Waals surface area contributed by atoms with Crippen molar-refractivity contribution < 1.29 is 9.59 Å². The number of benzene rings is 1. The van der Waals surface area contributed by atoms with Crippen molar-refractivity contribution in [1.82, 2.24) is 0 Å². The minimum absolute atomic E-state index is 0.0405. The van der Waals surface area contributed by atoms with Gasteiger partial charge in [-0.2, -0.15) is 0 Å². The Hall–Kier alpha value is -1.74. The van der Waals surface area contributed by atoms with Crippen LogP contribution in [0.5, 0.6) is 0 Å². The van der Waals surface area contributed by atoms with E-state index in [1.54, 1.807) is 12.1 Å². The summed E-state index contributed by atoms with van der Waals surface area (Å²) in [7, 11) is 0. The summed E-state index contributed by atoms with van der Waals surface area (Å²) in [6.07, 6.45) is 0.764. The van der Waals surface area contributed by atoms with Crippen LogP contribution in [0, 0.1) is 0 Å². The molecule has 0 saturated heterocycles. The van der Waals surface area contributed by atoms with Crippen LogP contribution >= 0.6 is 11.3 Å². The Kier molecular flexibility index (Phi) is 1.64. The molecule has 0 unspecified atom stereocenters. The van der Waals surface area contributed by atoms with Crippen molar-refractivity contribution in [2.45, 2.75) is 0 Å². The lowest BCUT2D eigenvalue weighted by Crippen LogP contribution is -1.94. The van der Waals surface area contributed by atoms with Crippen LogP contribution in [0.4, 0.5) is 0 Å². The van der Waals surface area contributed by atoms with Gasteiger partial charge in [0.15, 0.2) is 0 Å². The first-order chi connectivity index (χ1) is 7.31. The van der Waals surface area contributed by atoms with Gasteiger partial charge in [-0.25, -0.2) is 0 Å². The van der Waals surface area contributed by atoms with Gasteiger partial charge >= 0.3 is 0 Å². The first kappa shape index (κ1) is 8.56. The fourth-order valence-corrected chi connectivity index (χ4v) is 2.74. The Labute approximate surface area is 90.2 Å². The normalized spacial score (nSPS) is 12.4. The summed E-state index contributed by atoms with van der Waals surface area (Å²) >= 11 is 1.45. The van der Waals surface area contributed by atoms with Crippen LogP contribution in [-0.2, 0) is 0 Å². The van der Waals surface area contributed by atoms with E-state index < -0.39 is 0 Å². The van der Waals surface area contributed by atoms with Crippen molar-refractivity contribution >= 4 is 23.4 Å². The molecule has 1 aromatic carbocycles. The smallest absolute Gasteiger partial charge is 0.204 e. The van der Waals surface area contributed by atoms with Crippen LogP contribution in [-0.4, -0.2) is 12.1 Å². The van der Waals surface area contributed by atoms with Gasteiger partial charge in [-0.15, -0.1) is 11.3 Å². The number of ketones is 1. The third-order valence-electron chi connectivity index (χ3n) is 2.59. The van der Waals surface area contributed by atoms with Crippen molar-refractivity contribution in [3.05, 3.63) is 45.6 Å². The van der Waals surface area contributed by atoms with Gasteiger partial charge in [0.1, 0.15) is 6.29 Å². The van der Waals surface area contributed by atoms with E-state index >= 15 is 0 Å². The molecule has 0 N–H and O–H groups in total. The number of thiophene rings is 1. The summed E-state index contributed by atoms with van der Waals surface area (Å²) in [5.41, 5.74) is 3.15. The summed E-state index contributed by atoms with van der Waals surface area (Å²) < 4.78 is 0. The maximum Gasteiger partial charge on any atom is 0.204 e. The van der Waals surface area contributed by atoms with Gasteiger partial charge in [0.2, 0.25) is 5.78 Å². The van der Waals surface area contributed by atoms with Crippen molar-refractivity contribution in [2.75, 3.05) is 0 Å². The summed E-state index contributed by atoms with van der Waals surface area (Å²) in [6, 6.07) is 7.20. The highest BCUT2D eigenvalue weighted by Gasteiger charge is 2.27. The van der Waals surface area contributed by atoms with Gasteiger partial charge in [-0.1, -0.05) is 12.1 Å². The minimum Gasteiger partial charge on any atom is -0.298 e. The molecule has 72 valence electrons. The molecular formula is C12H6O2S. The molecule has 0 radical (unpaired) electrons. The highest BCUT2D eigenvalue weighted by atomic mass is 32.1. The molecule has 3 heteroatoms. The maximum atomic E-state index is 11.9. The Morgan fingerprint density at radius 1 is 1.07 bits per heavy atom. The summed E-state index contributed by atoms with van der Waals surface area (Å²) in [5.74, 6) is 0.0405. The third-order valence-corrected chi connectivity index (χ3v) is 3.50. The number of fused-ring (bicyclic) bond motifs is 3. The largest absolute Gasteiger partial charge is 0.298 e. The second-order valence-electron chi connectivity index (χ2n) is 3.42. The van der Waals surface area contributed by atoms with E-state index in [-0.39, 0.29) is 5.78 Å². The molecule has 0 saturated carbocycles. The van der Waals surface area contributed by atoms with Gasteiger partial charge in [0.25, 0.3) is 0 Å². The summed E-state index contributed by atoms with van der Waals surface area (Å²) in [4.78, 5) is 23.3. The first-order valence-electron chi connectivity index (χ1n) is 4.53. The zero-order valence-corrected chi connectivity index (χ0v) is 8.51. The molecule has 3 rings (SSSR count). The molecule has 0 amide bonds. The number of carbonyl (C=O) groups is 2. The molecular weight excluding hydrogens is 208 g/mol. The Balaban J connectivity index is 2.32. The second kappa shape index (κ2) is 2.87. The first-order valence-corrected chi connectivity index (χ1v) is 5.41. The maximum absolute atomic E-state index is 11.9. The van der Waals surface area contributed by atoms with Crippen molar-refractivity contribution in [1.29, 1.82) is 0 Å². The number of aldehydes is 1. The molecule has 0 atom stereocenters. The van der Waals surface area contributed by atoms with Crippen LogP contribution in [0.3, 0.4) is 0 Å². The average molecular weight is 214 g/mol. The molecule has 1 aliphatic rings. The molecule has 0 aliphatic heterocycles. The van der Waals surface area contributed by atoms with Gasteiger partial charge in [-0.05, 0) is 23.1 Å². The van der Waals surface area contributed by atoms with E-state index in [0.29, 0.717) is 11.1 Å². The molecule has 0 spiro atoms. The third kappa shape index (κ3) is 1.04. The summed E-state index contributed by atoms with van der Waals surface area (Å²) in [6.45, 7) is 0. The second-order valence-corrected chi connectivity index (χ2v) is 4.33. The van der Waals surface area contributed by atoms with E-state index in [2.05, 4.69) is 0 Å². The number of hydrogen-bond donors (Lipinski definition) is 0. The van der Waals surface area contributed by atoms with Crippen LogP contribution in [0.15, 0.2) is 29.6 Å². The van der Waals surface area contributed by atoms with Crippen LogP contribution in [0.25, 0.3) is 11.1 Å². The van der Waals surface area contributed by atoms with Crippen molar-refractivity contribution in [3.8, 4) is 11.1 Å². The van der Waals surface area contributed by atoms with Gasteiger partial charge in [0.05, 0.1) is 4.88 Å². The lowest BCUT2D eigenvalue weighted by Gasteiger charge is -1.98. The predicted molar refractivity (Wildman–Crippen MR) is 58.6 cm³/mol. The van der Waals surface area contributed by atoms with Gasteiger partial charge in [-0.3, -0.25) is 9.59 Å². The minimum atomic E-state index is 0.0405. The standard InChI is InChI=1S/C12H6O2S/c13-6-7-1-2-8-9-3-4-15-12(9)11(14)10(8)5-7/h1-6H. The topological polar surface area (TPSA) is 34.1 Å². The fraction of sp³-hybridized carbons (Fsp3) is 0.